The molecule has 43 heavy (non-hydrogen) atoms. The number of fused-ring (bicyclic) bond motifs is 1. The predicted octanol–water partition coefficient (Wildman–Crippen LogP) is 5.99. The topological polar surface area (TPSA) is 99.3 Å². The predicted molar refractivity (Wildman–Crippen MR) is 153 cm³/mol. The number of imidazole rings is 1. The van der Waals surface area contributed by atoms with Crippen LogP contribution in [0.5, 0.6) is 5.88 Å². The third-order valence-corrected chi connectivity index (χ3v) is 7.41. The third-order valence-electron chi connectivity index (χ3n) is 7.41. The summed E-state index contributed by atoms with van der Waals surface area (Å²) in [7, 11) is 1.33. The number of rotatable bonds is 9. The molecule has 0 aliphatic carbocycles. The zero-order valence-corrected chi connectivity index (χ0v) is 23.2. The molecule has 0 N–H and O–H groups in total. The van der Waals surface area contributed by atoms with Crippen molar-refractivity contribution in [1.82, 2.24) is 14.5 Å². The summed E-state index contributed by atoms with van der Waals surface area (Å²) in [6, 6.07) is 21.2. The molecule has 3 heterocycles. The minimum atomic E-state index is -0.537. The Morgan fingerprint density at radius 1 is 1.05 bits per heavy atom. The molecule has 1 fully saturated rings. The molecule has 3 aromatic carbocycles. The van der Waals surface area contributed by atoms with Gasteiger partial charge in [-0.2, -0.15) is 5.26 Å². The molecular formula is C33H26F2N4O4. The lowest BCUT2D eigenvalue weighted by Crippen LogP contribution is -2.31. The van der Waals surface area contributed by atoms with E-state index < -0.39 is 17.6 Å². The SMILES string of the molecule is COC(=O)c1ccc2nc(Cc3ccc(-c4cccc(OCc5ccc(C#N)cc5F)n4)cc3F)n(CC3CCO3)c2c1. The Morgan fingerprint density at radius 2 is 1.86 bits per heavy atom. The molecule has 0 bridgehead atoms. The summed E-state index contributed by atoms with van der Waals surface area (Å²) in [4.78, 5) is 21.4. The zero-order chi connectivity index (χ0) is 29.9. The van der Waals surface area contributed by atoms with E-state index in [1.54, 1.807) is 48.5 Å². The molecule has 216 valence electrons. The molecule has 2 aromatic heterocycles. The fourth-order valence-electron chi connectivity index (χ4n) is 4.95. The first-order chi connectivity index (χ1) is 20.9. The van der Waals surface area contributed by atoms with Crippen molar-refractivity contribution in [1.29, 1.82) is 5.26 Å². The van der Waals surface area contributed by atoms with Crippen molar-refractivity contribution in [2.75, 3.05) is 13.7 Å². The van der Waals surface area contributed by atoms with Crippen LogP contribution in [0.25, 0.3) is 22.3 Å². The number of nitriles is 1. The van der Waals surface area contributed by atoms with Crippen LogP contribution in [0.15, 0.2) is 72.8 Å². The van der Waals surface area contributed by atoms with Gasteiger partial charge in [0.05, 0.1) is 53.7 Å². The molecule has 8 nitrogen and oxygen atoms in total. The molecule has 1 aliphatic heterocycles. The van der Waals surface area contributed by atoms with E-state index in [2.05, 4.69) is 4.98 Å². The van der Waals surface area contributed by atoms with Crippen molar-refractivity contribution < 1.29 is 27.8 Å². The molecule has 0 radical (unpaired) electrons. The summed E-state index contributed by atoms with van der Waals surface area (Å²) in [5.41, 5.74) is 3.87. The van der Waals surface area contributed by atoms with Gasteiger partial charge in [0.15, 0.2) is 0 Å². The van der Waals surface area contributed by atoms with Crippen molar-refractivity contribution in [2.45, 2.75) is 32.1 Å². The molecule has 5 aromatic rings. The number of hydrogen-bond donors (Lipinski definition) is 0. The van der Waals surface area contributed by atoms with Crippen LogP contribution in [-0.2, 0) is 29.0 Å². The number of esters is 1. The monoisotopic (exact) mass is 580 g/mol. The maximum absolute atomic E-state index is 15.5. The summed E-state index contributed by atoms with van der Waals surface area (Å²) in [5.74, 6) is -0.488. The second-order valence-corrected chi connectivity index (χ2v) is 10.2. The maximum atomic E-state index is 15.5. The summed E-state index contributed by atoms with van der Waals surface area (Å²) in [5, 5.41) is 8.92. The highest BCUT2D eigenvalue weighted by molar-refractivity contribution is 5.93. The number of nitrogens with zero attached hydrogens (tertiary/aromatic N) is 4. The first-order valence-electron chi connectivity index (χ1n) is 13.7. The lowest BCUT2D eigenvalue weighted by Gasteiger charge is -2.27. The number of benzene rings is 3. The number of ether oxygens (including phenoxy) is 3. The van der Waals surface area contributed by atoms with E-state index in [1.165, 1.54) is 25.3 Å². The highest BCUT2D eigenvalue weighted by Crippen LogP contribution is 2.27. The molecule has 10 heteroatoms. The van der Waals surface area contributed by atoms with E-state index in [-0.39, 0.29) is 36.1 Å². The van der Waals surface area contributed by atoms with Crippen LogP contribution < -0.4 is 4.74 Å². The zero-order valence-electron chi connectivity index (χ0n) is 23.2. The lowest BCUT2D eigenvalue weighted by atomic mass is 10.1. The molecule has 1 saturated heterocycles. The highest BCUT2D eigenvalue weighted by atomic mass is 19.1. The van der Waals surface area contributed by atoms with E-state index >= 15 is 4.39 Å². The van der Waals surface area contributed by atoms with E-state index in [4.69, 9.17) is 24.5 Å². The number of carbonyl (C=O) groups is 1. The second kappa shape index (κ2) is 12.0. The molecule has 1 aliphatic rings. The Labute approximate surface area is 246 Å². The normalized spacial score (nSPS) is 14.2. The van der Waals surface area contributed by atoms with E-state index in [0.717, 1.165) is 18.0 Å². The fourth-order valence-corrected chi connectivity index (χ4v) is 4.95. The van der Waals surface area contributed by atoms with Gasteiger partial charge in [0.2, 0.25) is 5.88 Å². The molecule has 0 saturated carbocycles. The van der Waals surface area contributed by atoms with Gasteiger partial charge >= 0.3 is 5.97 Å². The molecule has 6 rings (SSSR count). The number of halogens is 2. The Kier molecular flexibility index (Phi) is 7.81. The number of aromatic nitrogens is 3. The Morgan fingerprint density at radius 3 is 2.58 bits per heavy atom. The van der Waals surface area contributed by atoms with Crippen LogP contribution in [0.1, 0.15) is 39.3 Å². The smallest absolute Gasteiger partial charge is 0.337 e. The van der Waals surface area contributed by atoms with Crippen molar-refractivity contribution >= 4 is 17.0 Å². The minimum absolute atomic E-state index is 0.0270. The Balaban J connectivity index is 1.23. The van der Waals surface area contributed by atoms with Crippen molar-refractivity contribution in [2.24, 2.45) is 0 Å². The maximum Gasteiger partial charge on any atom is 0.337 e. The lowest BCUT2D eigenvalue weighted by molar-refractivity contribution is -0.0589. The quantitative estimate of drug-likeness (QED) is 0.197. The van der Waals surface area contributed by atoms with Gasteiger partial charge < -0.3 is 18.8 Å². The van der Waals surface area contributed by atoms with Crippen LogP contribution in [0.2, 0.25) is 0 Å². The van der Waals surface area contributed by atoms with Crippen molar-refractivity contribution in [3.8, 4) is 23.2 Å². The van der Waals surface area contributed by atoms with Gasteiger partial charge in [-0.05, 0) is 54.4 Å². The van der Waals surface area contributed by atoms with Crippen LogP contribution in [0, 0.1) is 23.0 Å². The highest BCUT2D eigenvalue weighted by Gasteiger charge is 2.23. The molecule has 1 unspecified atom stereocenters. The number of pyridine rings is 1. The standard InChI is InChI=1S/C33H26F2N4O4/c1-41-33(40)23-9-10-29-30(15-23)39(18-25-11-12-42-25)31(37-29)16-21-7-8-22(14-27(21)35)28-3-2-4-32(38-28)43-19-24-6-5-20(17-36)13-26(24)34/h2-10,13-15,25H,11-12,16,18-19H2,1H3. The van der Waals surface area contributed by atoms with Gasteiger partial charge in [-0.3, -0.25) is 0 Å². The van der Waals surface area contributed by atoms with Gasteiger partial charge in [0, 0.05) is 30.2 Å². The number of carbonyl (C=O) groups excluding carboxylic acids is 1. The van der Waals surface area contributed by atoms with Gasteiger partial charge in [-0.15, -0.1) is 0 Å². The molecule has 1 atom stereocenters. The summed E-state index contributed by atoms with van der Waals surface area (Å²) in [6.07, 6.45) is 1.17. The Hall–Kier alpha value is -5.14. The number of methoxy groups -OCH3 is 1. The summed E-state index contributed by atoms with van der Waals surface area (Å²) in [6.45, 7) is 1.16. The Bertz CT molecular complexity index is 1880. The molecule has 0 spiro atoms. The first-order valence-corrected chi connectivity index (χ1v) is 13.7. The van der Waals surface area contributed by atoms with Crippen molar-refractivity contribution in [3.63, 3.8) is 0 Å². The molecular weight excluding hydrogens is 554 g/mol. The minimum Gasteiger partial charge on any atom is -0.473 e. The van der Waals surface area contributed by atoms with Gasteiger partial charge in [0.25, 0.3) is 0 Å². The fraction of sp³-hybridized carbons (Fsp3) is 0.212. The van der Waals surface area contributed by atoms with Crippen molar-refractivity contribution in [3.05, 3.63) is 113 Å². The van der Waals surface area contributed by atoms with E-state index in [1.807, 2.05) is 10.6 Å². The number of hydrogen-bond acceptors (Lipinski definition) is 7. The van der Waals surface area contributed by atoms with Crippen LogP contribution in [0.4, 0.5) is 8.78 Å². The van der Waals surface area contributed by atoms with Crippen LogP contribution in [-0.4, -0.2) is 40.3 Å². The van der Waals surface area contributed by atoms with Gasteiger partial charge in [-0.25, -0.2) is 23.5 Å². The molecule has 0 amide bonds. The summed E-state index contributed by atoms with van der Waals surface area (Å²) < 4.78 is 47.9. The second-order valence-electron chi connectivity index (χ2n) is 10.2. The largest absolute Gasteiger partial charge is 0.473 e. The average molecular weight is 581 g/mol. The van der Waals surface area contributed by atoms with Crippen LogP contribution in [0.3, 0.4) is 0 Å². The summed E-state index contributed by atoms with van der Waals surface area (Å²) >= 11 is 0. The van der Waals surface area contributed by atoms with E-state index in [9.17, 15) is 9.18 Å². The van der Waals surface area contributed by atoms with Gasteiger partial charge in [-0.1, -0.05) is 24.3 Å². The van der Waals surface area contributed by atoms with Crippen LogP contribution >= 0.6 is 0 Å². The van der Waals surface area contributed by atoms with E-state index in [0.29, 0.717) is 46.9 Å². The van der Waals surface area contributed by atoms with Gasteiger partial charge in [0.1, 0.15) is 24.1 Å². The first kappa shape index (κ1) is 28.0. The third kappa shape index (κ3) is 5.94. The average Bonchev–Trinajstić information content (AvgIpc) is 3.34.